The molecule has 2 aromatic carbocycles. The van der Waals surface area contributed by atoms with Crippen LogP contribution in [0.25, 0.3) is 0 Å². The Morgan fingerprint density at radius 1 is 1.13 bits per heavy atom. The van der Waals surface area contributed by atoms with E-state index in [2.05, 4.69) is 36.1 Å². The topological polar surface area (TPSA) is 40.5 Å². The van der Waals surface area contributed by atoms with E-state index in [1.165, 1.54) is 11.3 Å². The van der Waals surface area contributed by atoms with Crippen molar-refractivity contribution in [3.8, 4) is 0 Å². The number of para-hydroxylation sites is 1. The third-order valence-corrected chi connectivity index (χ3v) is 4.88. The van der Waals surface area contributed by atoms with E-state index in [1.807, 2.05) is 36.4 Å². The van der Waals surface area contributed by atoms with Crippen LogP contribution in [0.4, 0.5) is 5.69 Å². The molecule has 1 saturated heterocycles. The number of carboxylic acids is 1. The van der Waals surface area contributed by atoms with Crippen molar-refractivity contribution in [1.82, 2.24) is 0 Å². The molecule has 0 bridgehead atoms. The molecule has 0 saturated carbocycles. The molecule has 2 aromatic rings. The molecule has 1 aliphatic heterocycles. The minimum absolute atomic E-state index is 0.190. The van der Waals surface area contributed by atoms with Crippen LogP contribution in [-0.2, 0) is 11.2 Å². The van der Waals surface area contributed by atoms with Crippen molar-refractivity contribution in [3.63, 3.8) is 0 Å². The first-order valence-corrected chi connectivity index (χ1v) is 8.18. The summed E-state index contributed by atoms with van der Waals surface area (Å²) in [5.41, 5.74) is 2.24. The SMILES string of the molecule is CC1(Cc2ccccc2)CC(C(=O)O)CCN1c1ccccc1. The van der Waals surface area contributed by atoms with E-state index in [0.29, 0.717) is 12.8 Å². The van der Waals surface area contributed by atoms with Crippen LogP contribution in [0.1, 0.15) is 25.3 Å². The molecule has 0 spiro atoms. The fourth-order valence-electron chi connectivity index (χ4n) is 3.76. The molecule has 3 rings (SSSR count). The lowest BCUT2D eigenvalue weighted by atomic mass is 9.77. The van der Waals surface area contributed by atoms with Gasteiger partial charge in [-0.2, -0.15) is 0 Å². The molecular weight excluding hydrogens is 286 g/mol. The Labute approximate surface area is 137 Å². The van der Waals surface area contributed by atoms with Crippen molar-refractivity contribution in [1.29, 1.82) is 0 Å². The van der Waals surface area contributed by atoms with Crippen LogP contribution in [0.2, 0.25) is 0 Å². The normalized spacial score (nSPS) is 24.4. The third kappa shape index (κ3) is 3.39. The average Bonchev–Trinajstić information content (AvgIpc) is 2.56. The zero-order chi connectivity index (χ0) is 16.3. The first kappa shape index (κ1) is 15.6. The highest BCUT2D eigenvalue weighted by molar-refractivity contribution is 5.71. The van der Waals surface area contributed by atoms with E-state index in [0.717, 1.165) is 13.0 Å². The van der Waals surface area contributed by atoms with Gasteiger partial charge < -0.3 is 10.0 Å². The molecule has 0 amide bonds. The zero-order valence-electron chi connectivity index (χ0n) is 13.5. The van der Waals surface area contributed by atoms with Crippen LogP contribution in [0.3, 0.4) is 0 Å². The predicted molar refractivity (Wildman–Crippen MR) is 92.7 cm³/mol. The lowest BCUT2D eigenvalue weighted by Crippen LogP contribution is -2.54. The maximum absolute atomic E-state index is 11.5. The van der Waals surface area contributed by atoms with Crippen molar-refractivity contribution in [3.05, 3.63) is 66.2 Å². The van der Waals surface area contributed by atoms with Gasteiger partial charge in [0.1, 0.15) is 0 Å². The zero-order valence-corrected chi connectivity index (χ0v) is 13.5. The molecule has 0 aromatic heterocycles. The van der Waals surface area contributed by atoms with Gasteiger partial charge in [-0.05, 0) is 43.9 Å². The highest BCUT2D eigenvalue weighted by atomic mass is 16.4. The second-order valence-corrected chi connectivity index (χ2v) is 6.67. The molecule has 3 nitrogen and oxygen atoms in total. The van der Waals surface area contributed by atoms with Gasteiger partial charge in [-0.1, -0.05) is 48.5 Å². The largest absolute Gasteiger partial charge is 0.481 e. The number of carboxylic acid groups (broad SMARTS) is 1. The Morgan fingerprint density at radius 2 is 1.74 bits per heavy atom. The Bertz CT molecular complexity index is 656. The molecule has 1 fully saturated rings. The van der Waals surface area contributed by atoms with Crippen molar-refractivity contribution in [2.75, 3.05) is 11.4 Å². The first-order valence-electron chi connectivity index (χ1n) is 8.18. The van der Waals surface area contributed by atoms with E-state index < -0.39 is 5.97 Å². The van der Waals surface area contributed by atoms with Crippen LogP contribution in [0.5, 0.6) is 0 Å². The lowest BCUT2D eigenvalue weighted by Gasteiger charge is -2.48. The summed E-state index contributed by atoms with van der Waals surface area (Å²) in [5, 5.41) is 9.47. The number of anilines is 1. The van der Waals surface area contributed by atoms with Crippen LogP contribution >= 0.6 is 0 Å². The Morgan fingerprint density at radius 3 is 2.35 bits per heavy atom. The summed E-state index contributed by atoms with van der Waals surface area (Å²) in [6.07, 6.45) is 2.23. The minimum Gasteiger partial charge on any atom is -0.481 e. The number of rotatable bonds is 4. The summed E-state index contributed by atoms with van der Waals surface area (Å²) in [6.45, 7) is 2.98. The summed E-state index contributed by atoms with van der Waals surface area (Å²) >= 11 is 0. The van der Waals surface area contributed by atoms with Gasteiger partial charge in [0.15, 0.2) is 0 Å². The molecule has 0 radical (unpaired) electrons. The molecular formula is C20H23NO2. The molecule has 1 N–H and O–H groups in total. The fourth-order valence-corrected chi connectivity index (χ4v) is 3.76. The highest BCUT2D eigenvalue weighted by Gasteiger charge is 2.41. The van der Waals surface area contributed by atoms with Gasteiger partial charge in [0.2, 0.25) is 0 Å². The van der Waals surface area contributed by atoms with Crippen molar-refractivity contribution >= 4 is 11.7 Å². The quantitative estimate of drug-likeness (QED) is 0.928. The molecule has 0 aliphatic carbocycles. The lowest BCUT2D eigenvalue weighted by molar-refractivity contribution is -0.143. The monoisotopic (exact) mass is 309 g/mol. The maximum atomic E-state index is 11.5. The molecule has 23 heavy (non-hydrogen) atoms. The fraction of sp³-hybridized carbons (Fsp3) is 0.350. The number of hydrogen-bond acceptors (Lipinski definition) is 2. The van der Waals surface area contributed by atoms with Gasteiger partial charge in [0.25, 0.3) is 0 Å². The number of piperidine rings is 1. The number of hydrogen-bond donors (Lipinski definition) is 1. The van der Waals surface area contributed by atoms with Crippen LogP contribution in [0.15, 0.2) is 60.7 Å². The van der Waals surface area contributed by atoms with E-state index in [9.17, 15) is 9.90 Å². The minimum atomic E-state index is -0.669. The van der Waals surface area contributed by atoms with Crippen LogP contribution < -0.4 is 4.90 Å². The van der Waals surface area contributed by atoms with Gasteiger partial charge in [-0.25, -0.2) is 0 Å². The van der Waals surface area contributed by atoms with E-state index in [1.54, 1.807) is 0 Å². The Kier molecular flexibility index (Phi) is 4.37. The third-order valence-electron chi connectivity index (χ3n) is 4.88. The number of benzene rings is 2. The second-order valence-electron chi connectivity index (χ2n) is 6.67. The Balaban J connectivity index is 1.92. The van der Waals surface area contributed by atoms with E-state index in [4.69, 9.17) is 0 Å². The van der Waals surface area contributed by atoms with Crippen LogP contribution in [0, 0.1) is 5.92 Å². The highest BCUT2D eigenvalue weighted by Crippen LogP contribution is 2.38. The van der Waals surface area contributed by atoms with E-state index in [-0.39, 0.29) is 11.5 Å². The summed E-state index contributed by atoms with van der Waals surface area (Å²) in [5.74, 6) is -0.930. The average molecular weight is 309 g/mol. The van der Waals surface area contributed by atoms with Crippen LogP contribution in [-0.4, -0.2) is 23.2 Å². The summed E-state index contributed by atoms with van der Waals surface area (Å²) in [4.78, 5) is 13.9. The summed E-state index contributed by atoms with van der Waals surface area (Å²) in [7, 11) is 0. The molecule has 2 atom stereocenters. The van der Waals surface area contributed by atoms with Crippen molar-refractivity contribution in [2.24, 2.45) is 5.92 Å². The van der Waals surface area contributed by atoms with Gasteiger partial charge in [-0.3, -0.25) is 4.79 Å². The molecule has 3 heteroatoms. The smallest absolute Gasteiger partial charge is 0.306 e. The first-order chi connectivity index (χ1) is 11.1. The van der Waals surface area contributed by atoms with Gasteiger partial charge in [0, 0.05) is 17.8 Å². The van der Waals surface area contributed by atoms with Crippen molar-refractivity contribution < 1.29 is 9.90 Å². The molecule has 1 aliphatic rings. The summed E-state index contributed by atoms with van der Waals surface area (Å²) in [6, 6.07) is 20.7. The van der Waals surface area contributed by atoms with Gasteiger partial charge >= 0.3 is 5.97 Å². The van der Waals surface area contributed by atoms with Gasteiger partial charge in [-0.15, -0.1) is 0 Å². The van der Waals surface area contributed by atoms with Gasteiger partial charge in [0.05, 0.1) is 5.92 Å². The van der Waals surface area contributed by atoms with E-state index >= 15 is 0 Å². The number of aliphatic carboxylic acids is 1. The molecule has 1 heterocycles. The van der Waals surface area contributed by atoms with Crippen molar-refractivity contribution in [2.45, 2.75) is 31.7 Å². The second kappa shape index (κ2) is 6.45. The summed E-state index contributed by atoms with van der Waals surface area (Å²) < 4.78 is 0. The molecule has 120 valence electrons. The molecule has 2 unspecified atom stereocenters. The number of carbonyl (C=O) groups is 1. The number of nitrogens with zero attached hydrogens (tertiary/aromatic N) is 1. The predicted octanol–water partition coefficient (Wildman–Crippen LogP) is 3.99. The Hall–Kier alpha value is -2.29. The maximum Gasteiger partial charge on any atom is 0.306 e. The standard InChI is InChI=1S/C20H23NO2/c1-20(14-16-8-4-2-5-9-16)15-17(19(22)23)12-13-21(20)18-10-6-3-7-11-18/h2-11,17H,12-15H2,1H3,(H,22,23).